The first-order chi connectivity index (χ1) is 13.8. The number of rotatable bonds is 5. The van der Waals surface area contributed by atoms with Crippen LogP contribution in [0.25, 0.3) is 0 Å². The van der Waals surface area contributed by atoms with Gasteiger partial charge in [-0.3, -0.25) is 4.79 Å². The first kappa shape index (κ1) is 21.8. The SMILES string of the molecule is CC1CCN(C(=O)COC(=O)c2ccc(S(=O)(=O)N3CCC(C)CC3)cc2)CC1. The van der Waals surface area contributed by atoms with Crippen LogP contribution in [0.4, 0.5) is 0 Å². The number of ether oxygens (including phenoxy) is 1. The van der Waals surface area contributed by atoms with E-state index in [1.807, 2.05) is 0 Å². The van der Waals surface area contributed by atoms with Gasteiger partial charge in [-0.1, -0.05) is 13.8 Å². The standard InChI is InChI=1S/C21H30N2O5S/c1-16-7-11-22(12-8-16)20(24)15-28-21(25)18-3-5-19(6-4-18)29(26,27)23-13-9-17(2)10-14-23/h3-6,16-17H,7-15H2,1-2H3. The third kappa shape index (κ3) is 5.36. The van der Waals surface area contributed by atoms with Crippen molar-refractivity contribution in [3.8, 4) is 0 Å². The van der Waals surface area contributed by atoms with Gasteiger partial charge in [0.1, 0.15) is 0 Å². The maximum Gasteiger partial charge on any atom is 0.338 e. The molecule has 2 aliphatic rings. The van der Waals surface area contributed by atoms with Crippen LogP contribution in [0.3, 0.4) is 0 Å². The first-order valence-corrected chi connectivity index (χ1v) is 11.8. The molecule has 0 aromatic heterocycles. The van der Waals surface area contributed by atoms with Crippen LogP contribution in [0.5, 0.6) is 0 Å². The second kappa shape index (κ2) is 9.26. The minimum absolute atomic E-state index is 0.169. The number of sulfonamides is 1. The largest absolute Gasteiger partial charge is 0.452 e. The van der Waals surface area contributed by atoms with Gasteiger partial charge in [-0.15, -0.1) is 0 Å². The van der Waals surface area contributed by atoms with E-state index in [1.165, 1.54) is 28.6 Å². The predicted molar refractivity (Wildman–Crippen MR) is 109 cm³/mol. The molecule has 0 atom stereocenters. The fourth-order valence-electron chi connectivity index (χ4n) is 3.70. The summed E-state index contributed by atoms with van der Waals surface area (Å²) in [5, 5.41) is 0. The predicted octanol–water partition coefficient (Wildman–Crippen LogP) is 2.52. The summed E-state index contributed by atoms with van der Waals surface area (Å²) in [6.45, 7) is 6.42. The number of esters is 1. The van der Waals surface area contributed by atoms with Crippen LogP contribution in [0, 0.1) is 11.8 Å². The summed E-state index contributed by atoms with van der Waals surface area (Å²) in [4.78, 5) is 26.3. The molecule has 2 aliphatic heterocycles. The molecule has 1 aromatic rings. The molecule has 0 bridgehead atoms. The lowest BCUT2D eigenvalue weighted by Crippen LogP contribution is -2.40. The van der Waals surface area contributed by atoms with Gasteiger partial charge in [0.15, 0.2) is 6.61 Å². The van der Waals surface area contributed by atoms with E-state index in [0.29, 0.717) is 38.0 Å². The number of carbonyl (C=O) groups excluding carboxylic acids is 2. The topological polar surface area (TPSA) is 84.0 Å². The Kier molecular flexibility index (Phi) is 6.95. The number of carbonyl (C=O) groups is 2. The Bertz CT molecular complexity index is 821. The molecule has 0 saturated carbocycles. The summed E-state index contributed by atoms with van der Waals surface area (Å²) in [6.07, 6.45) is 3.64. The van der Waals surface area contributed by atoms with Crippen LogP contribution in [0.15, 0.2) is 29.2 Å². The van der Waals surface area contributed by atoms with E-state index in [9.17, 15) is 18.0 Å². The summed E-state index contributed by atoms with van der Waals surface area (Å²) in [5.74, 6) is 0.336. The van der Waals surface area contributed by atoms with Crippen LogP contribution >= 0.6 is 0 Å². The Labute approximate surface area is 173 Å². The molecule has 2 heterocycles. The number of nitrogens with zero attached hydrogens (tertiary/aromatic N) is 2. The van der Waals surface area contributed by atoms with E-state index < -0.39 is 16.0 Å². The fourth-order valence-corrected chi connectivity index (χ4v) is 5.17. The lowest BCUT2D eigenvalue weighted by atomic mass is 9.99. The molecule has 0 radical (unpaired) electrons. The zero-order chi connectivity index (χ0) is 21.0. The molecule has 1 aromatic carbocycles. The second-order valence-corrected chi connectivity index (χ2v) is 10.2. The van der Waals surface area contributed by atoms with Gasteiger partial charge in [-0.25, -0.2) is 13.2 Å². The van der Waals surface area contributed by atoms with Crippen LogP contribution in [-0.4, -0.2) is 62.3 Å². The molecule has 7 nitrogen and oxygen atoms in total. The Morgan fingerprint density at radius 1 is 0.931 bits per heavy atom. The Morgan fingerprint density at radius 2 is 1.45 bits per heavy atom. The van der Waals surface area contributed by atoms with Gasteiger partial charge in [0.2, 0.25) is 10.0 Å². The van der Waals surface area contributed by atoms with E-state index in [1.54, 1.807) is 4.90 Å². The quantitative estimate of drug-likeness (QED) is 0.681. The third-order valence-corrected chi connectivity index (χ3v) is 7.85. The molecule has 2 fully saturated rings. The van der Waals surface area contributed by atoms with Gasteiger partial charge < -0.3 is 9.64 Å². The van der Waals surface area contributed by atoms with Gasteiger partial charge in [0.25, 0.3) is 5.91 Å². The molecule has 8 heteroatoms. The zero-order valence-electron chi connectivity index (χ0n) is 17.2. The monoisotopic (exact) mass is 422 g/mol. The number of likely N-dealkylation sites (tertiary alicyclic amines) is 1. The Balaban J connectivity index is 1.55. The summed E-state index contributed by atoms with van der Waals surface area (Å²) in [5.41, 5.74) is 0.233. The minimum Gasteiger partial charge on any atom is -0.452 e. The first-order valence-electron chi connectivity index (χ1n) is 10.3. The average Bonchev–Trinajstić information content (AvgIpc) is 2.72. The molecule has 1 amide bonds. The van der Waals surface area contributed by atoms with Crippen molar-refractivity contribution in [2.24, 2.45) is 11.8 Å². The lowest BCUT2D eigenvalue weighted by molar-refractivity contribution is -0.135. The van der Waals surface area contributed by atoms with Crippen LogP contribution in [0.2, 0.25) is 0 Å². The second-order valence-electron chi connectivity index (χ2n) is 8.25. The van der Waals surface area contributed by atoms with Crippen molar-refractivity contribution < 1.29 is 22.7 Å². The highest BCUT2D eigenvalue weighted by molar-refractivity contribution is 7.89. The third-order valence-electron chi connectivity index (χ3n) is 5.93. The maximum atomic E-state index is 12.7. The molecule has 3 rings (SSSR count). The zero-order valence-corrected chi connectivity index (χ0v) is 18.0. The molecular weight excluding hydrogens is 392 g/mol. The maximum absolute atomic E-state index is 12.7. The van der Waals surface area contributed by atoms with Gasteiger partial charge in [-0.2, -0.15) is 4.31 Å². The van der Waals surface area contributed by atoms with Crippen molar-refractivity contribution in [1.29, 1.82) is 0 Å². The Morgan fingerprint density at radius 3 is 2.00 bits per heavy atom. The van der Waals surface area contributed by atoms with E-state index >= 15 is 0 Å². The van der Waals surface area contributed by atoms with Gasteiger partial charge in [0, 0.05) is 26.2 Å². The molecule has 0 spiro atoms. The molecule has 160 valence electrons. The molecule has 0 unspecified atom stereocenters. The summed E-state index contributed by atoms with van der Waals surface area (Å²) in [6, 6.07) is 5.74. The molecular formula is C21H30N2O5S. The van der Waals surface area contributed by atoms with Gasteiger partial charge in [0.05, 0.1) is 10.5 Å². The summed E-state index contributed by atoms with van der Waals surface area (Å²) >= 11 is 0. The number of hydrogen-bond acceptors (Lipinski definition) is 5. The van der Waals surface area contributed by atoms with Gasteiger partial charge >= 0.3 is 5.97 Å². The van der Waals surface area contributed by atoms with Crippen LogP contribution < -0.4 is 0 Å². The molecule has 2 saturated heterocycles. The lowest BCUT2D eigenvalue weighted by Gasteiger charge is -2.30. The highest BCUT2D eigenvalue weighted by Gasteiger charge is 2.28. The van der Waals surface area contributed by atoms with Crippen molar-refractivity contribution in [1.82, 2.24) is 9.21 Å². The van der Waals surface area contributed by atoms with Crippen LogP contribution in [-0.2, 0) is 19.6 Å². The summed E-state index contributed by atoms with van der Waals surface area (Å²) in [7, 11) is -3.55. The molecule has 0 aliphatic carbocycles. The number of piperidine rings is 2. The van der Waals surface area contributed by atoms with Crippen molar-refractivity contribution in [3.63, 3.8) is 0 Å². The van der Waals surface area contributed by atoms with Crippen molar-refractivity contribution in [2.75, 3.05) is 32.8 Å². The minimum atomic E-state index is -3.55. The summed E-state index contributed by atoms with van der Waals surface area (Å²) < 4.78 is 32.1. The van der Waals surface area contributed by atoms with Gasteiger partial charge in [-0.05, 0) is 61.8 Å². The smallest absolute Gasteiger partial charge is 0.338 e. The highest BCUT2D eigenvalue weighted by Crippen LogP contribution is 2.23. The van der Waals surface area contributed by atoms with Crippen molar-refractivity contribution >= 4 is 21.9 Å². The normalized spacial score (nSPS) is 19.9. The fraction of sp³-hybridized carbons (Fsp3) is 0.619. The van der Waals surface area contributed by atoms with Crippen molar-refractivity contribution in [3.05, 3.63) is 29.8 Å². The average molecular weight is 423 g/mol. The Hall–Kier alpha value is -1.93. The van der Waals surface area contributed by atoms with E-state index in [0.717, 1.165) is 25.7 Å². The number of amides is 1. The number of hydrogen-bond donors (Lipinski definition) is 0. The molecule has 0 N–H and O–H groups in total. The van der Waals surface area contributed by atoms with Crippen LogP contribution in [0.1, 0.15) is 49.9 Å². The number of benzene rings is 1. The van der Waals surface area contributed by atoms with E-state index in [2.05, 4.69) is 13.8 Å². The van der Waals surface area contributed by atoms with E-state index in [4.69, 9.17) is 4.74 Å². The molecule has 29 heavy (non-hydrogen) atoms. The van der Waals surface area contributed by atoms with Crippen molar-refractivity contribution in [2.45, 2.75) is 44.4 Å². The van der Waals surface area contributed by atoms with E-state index in [-0.39, 0.29) is 23.0 Å². The highest BCUT2D eigenvalue weighted by atomic mass is 32.2.